The summed E-state index contributed by atoms with van der Waals surface area (Å²) in [5.41, 5.74) is 4.23. The number of nitriles is 1. The third-order valence-corrected chi connectivity index (χ3v) is 3.65. The summed E-state index contributed by atoms with van der Waals surface area (Å²) in [5, 5.41) is 9.58. The Morgan fingerprint density at radius 1 is 1.06 bits per heavy atom. The van der Waals surface area contributed by atoms with Gasteiger partial charge in [0.05, 0.1) is 11.6 Å². The molecule has 0 N–H and O–H groups in total. The van der Waals surface area contributed by atoms with Gasteiger partial charge in [-0.25, -0.2) is 0 Å². The molecule has 0 aromatic heterocycles. The Morgan fingerprint density at radius 2 is 1.67 bits per heavy atom. The summed E-state index contributed by atoms with van der Waals surface area (Å²) >= 11 is 6.03. The first-order chi connectivity index (χ1) is 8.61. The lowest BCUT2D eigenvalue weighted by molar-refractivity contribution is 0.920. The second-order valence-electron chi connectivity index (χ2n) is 4.46. The summed E-state index contributed by atoms with van der Waals surface area (Å²) < 4.78 is 0. The Hall–Kier alpha value is -1.78. The molecule has 2 heteroatoms. The Balaban J connectivity index is 2.32. The first-order valence-corrected chi connectivity index (χ1v) is 6.25. The van der Waals surface area contributed by atoms with Gasteiger partial charge in [-0.05, 0) is 41.8 Å². The van der Waals surface area contributed by atoms with Gasteiger partial charge >= 0.3 is 0 Å². The van der Waals surface area contributed by atoms with Crippen molar-refractivity contribution >= 4 is 11.6 Å². The summed E-state index contributed by atoms with van der Waals surface area (Å²) in [5.74, 6) is 0.300. The normalized spacial score (nSPS) is 11.9. The van der Waals surface area contributed by atoms with Crippen molar-refractivity contribution in [3.05, 3.63) is 69.7 Å². The van der Waals surface area contributed by atoms with E-state index in [1.54, 1.807) is 0 Å². The van der Waals surface area contributed by atoms with Crippen molar-refractivity contribution in [1.82, 2.24) is 0 Å². The van der Waals surface area contributed by atoms with Gasteiger partial charge in [0.15, 0.2) is 0 Å². The standard InChI is InChI=1S/C16H14ClN/c1-11-9-15(7-8-16(11)17)12(2)14-5-3-13(10-18)4-6-14/h3-9,12H,1-2H3. The van der Waals surface area contributed by atoms with E-state index in [4.69, 9.17) is 16.9 Å². The van der Waals surface area contributed by atoms with E-state index in [-0.39, 0.29) is 0 Å². The Labute approximate surface area is 113 Å². The predicted molar refractivity (Wildman–Crippen MR) is 74.9 cm³/mol. The molecule has 0 radical (unpaired) electrons. The fourth-order valence-corrected chi connectivity index (χ4v) is 2.09. The van der Waals surface area contributed by atoms with Crippen LogP contribution in [0.15, 0.2) is 42.5 Å². The van der Waals surface area contributed by atoms with Crippen molar-refractivity contribution in [2.75, 3.05) is 0 Å². The number of hydrogen-bond acceptors (Lipinski definition) is 1. The lowest BCUT2D eigenvalue weighted by Crippen LogP contribution is -1.96. The molecule has 2 aromatic carbocycles. The third-order valence-electron chi connectivity index (χ3n) is 3.22. The van der Waals surface area contributed by atoms with Crippen molar-refractivity contribution < 1.29 is 0 Å². The van der Waals surface area contributed by atoms with Crippen LogP contribution in [0.2, 0.25) is 5.02 Å². The molecule has 0 aliphatic carbocycles. The molecular formula is C16H14ClN. The molecule has 1 atom stereocenters. The zero-order valence-corrected chi connectivity index (χ0v) is 11.2. The Kier molecular flexibility index (Phi) is 3.69. The van der Waals surface area contributed by atoms with Crippen LogP contribution >= 0.6 is 11.6 Å². The van der Waals surface area contributed by atoms with Gasteiger partial charge in [0.1, 0.15) is 0 Å². The van der Waals surface area contributed by atoms with Crippen LogP contribution in [-0.4, -0.2) is 0 Å². The number of nitrogens with zero attached hydrogens (tertiary/aromatic N) is 1. The second-order valence-corrected chi connectivity index (χ2v) is 4.87. The van der Waals surface area contributed by atoms with Crippen LogP contribution in [0.5, 0.6) is 0 Å². The number of aryl methyl sites for hydroxylation is 1. The van der Waals surface area contributed by atoms with Crippen molar-refractivity contribution in [3.63, 3.8) is 0 Å². The molecule has 1 unspecified atom stereocenters. The van der Waals surface area contributed by atoms with Crippen molar-refractivity contribution in [2.24, 2.45) is 0 Å². The average molecular weight is 256 g/mol. The summed E-state index contributed by atoms with van der Waals surface area (Å²) in [6, 6.07) is 16.0. The smallest absolute Gasteiger partial charge is 0.0991 e. The SMILES string of the molecule is Cc1cc(C(C)c2ccc(C#N)cc2)ccc1Cl. The minimum absolute atomic E-state index is 0.300. The number of halogens is 1. The molecule has 0 amide bonds. The summed E-state index contributed by atoms with van der Waals surface area (Å²) in [6.07, 6.45) is 0. The first-order valence-electron chi connectivity index (χ1n) is 5.88. The minimum atomic E-state index is 0.300. The molecule has 0 bridgehead atoms. The maximum absolute atomic E-state index is 8.79. The molecule has 90 valence electrons. The van der Waals surface area contributed by atoms with Crippen LogP contribution in [0.25, 0.3) is 0 Å². The van der Waals surface area contributed by atoms with E-state index in [2.05, 4.69) is 25.1 Å². The topological polar surface area (TPSA) is 23.8 Å². The molecule has 0 fully saturated rings. The molecule has 18 heavy (non-hydrogen) atoms. The molecule has 0 saturated heterocycles. The third kappa shape index (κ3) is 2.55. The van der Waals surface area contributed by atoms with E-state index in [9.17, 15) is 0 Å². The lowest BCUT2D eigenvalue weighted by atomic mass is 9.92. The molecule has 0 aliphatic rings. The largest absolute Gasteiger partial charge is 0.192 e. The van der Waals surface area contributed by atoms with E-state index in [0.29, 0.717) is 11.5 Å². The van der Waals surface area contributed by atoms with Crippen LogP contribution in [0.4, 0.5) is 0 Å². The maximum atomic E-state index is 8.79. The van der Waals surface area contributed by atoms with E-state index in [1.165, 1.54) is 11.1 Å². The lowest BCUT2D eigenvalue weighted by Gasteiger charge is -2.13. The molecule has 0 heterocycles. The quantitative estimate of drug-likeness (QED) is 0.765. The van der Waals surface area contributed by atoms with E-state index in [0.717, 1.165) is 10.6 Å². The van der Waals surface area contributed by atoms with Gasteiger partial charge in [-0.15, -0.1) is 0 Å². The maximum Gasteiger partial charge on any atom is 0.0991 e. The van der Waals surface area contributed by atoms with E-state index < -0.39 is 0 Å². The van der Waals surface area contributed by atoms with Gasteiger partial charge in [-0.3, -0.25) is 0 Å². The molecule has 2 aromatic rings. The molecule has 0 saturated carbocycles. The van der Waals surface area contributed by atoms with Gasteiger partial charge < -0.3 is 0 Å². The molecule has 2 rings (SSSR count). The number of benzene rings is 2. The van der Waals surface area contributed by atoms with Gasteiger partial charge in [0, 0.05) is 10.9 Å². The fraction of sp³-hybridized carbons (Fsp3) is 0.188. The average Bonchev–Trinajstić information content (AvgIpc) is 2.41. The Bertz CT molecular complexity index is 593. The van der Waals surface area contributed by atoms with Crippen LogP contribution in [-0.2, 0) is 0 Å². The molecule has 1 nitrogen and oxygen atoms in total. The van der Waals surface area contributed by atoms with Crippen molar-refractivity contribution in [3.8, 4) is 6.07 Å². The van der Waals surface area contributed by atoms with Crippen LogP contribution in [0.3, 0.4) is 0 Å². The van der Waals surface area contributed by atoms with Crippen molar-refractivity contribution in [1.29, 1.82) is 5.26 Å². The highest BCUT2D eigenvalue weighted by Gasteiger charge is 2.09. The number of rotatable bonds is 2. The Morgan fingerprint density at radius 3 is 2.22 bits per heavy atom. The highest BCUT2D eigenvalue weighted by atomic mass is 35.5. The zero-order chi connectivity index (χ0) is 13.1. The van der Waals surface area contributed by atoms with Crippen LogP contribution < -0.4 is 0 Å². The molecular weight excluding hydrogens is 242 g/mol. The predicted octanol–water partition coefficient (Wildman–Crippen LogP) is 4.67. The van der Waals surface area contributed by atoms with Gasteiger partial charge in [-0.1, -0.05) is 42.8 Å². The van der Waals surface area contributed by atoms with Gasteiger partial charge in [0.2, 0.25) is 0 Å². The van der Waals surface area contributed by atoms with Crippen LogP contribution in [0.1, 0.15) is 35.1 Å². The summed E-state index contributed by atoms with van der Waals surface area (Å²) in [4.78, 5) is 0. The fourth-order valence-electron chi connectivity index (χ4n) is 1.98. The monoisotopic (exact) mass is 255 g/mol. The van der Waals surface area contributed by atoms with Gasteiger partial charge in [0.25, 0.3) is 0 Å². The van der Waals surface area contributed by atoms with E-state index in [1.807, 2.05) is 37.3 Å². The highest BCUT2D eigenvalue weighted by molar-refractivity contribution is 6.31. The second kappa shape index (κ2) is 5.25. The number of hydrogen-bond donors (Lipinski definition) is 0. The van der Waals surface area contributed by atoms with Crippen molar-refractivity contribution in [2.45, 2.75) is 19.8 Å². The minimum Gasteiger partial charge on any atom is -0.192 e. The van der Waals surface area contributed by atoms with Gasteiger partial charge in [-0.2, -0.15) is 5.26 Å². The summed E-state index contributed by atoms with van der Waals surface area (Å²) in [6.45, 7) is 4.17. The van der Waals surface area contributed by atoms with Crippen LogP contribution in [0, 0.1) is 18.3 Å². The van der Waals surface area contributed by atoms with E-state index >= 15 is 0 Å². The highest BCUT2D eigenvalue weighted by Crippen LogP contribution is 2.27. The molecule has 0 aliphatic heterocycles. The summed E-state index contributed by atoms with van der Waals surface area (Å²) in [7, 11) is 0. The first kappa shape index (κ1) is 12.7. The zero-order valence-electron chi connectivity index (χ0n) is 10.4. The molecule has 0 spiro atoms.